The molecular weight excluding hydrogens is 276 g/mol. The Morgan fingerprint density at radius 1 is 1.25 bits per heavy atom. The van der Waals surface area contributed by atoms with Crippen LogP contribution in [0.3, 0.4) is 0 Å². The zero-order chi connectivity index (χ0) is 14.7. The van der Waals surface area contributed by atoms with Crippen LogP contribution in [-0.4, -0.2) is 11.0 Å². The summed E-state index contributed by atoms with van der Waals surface area (Å²) in [7, 11) is 0. The summed E-state index contributed by atoms with van der Waals surface area (Å²) in [5.41, 5.74) is 7.87. The van der Waals surface area contributed by atoms with Gasteiger partial charge in [-0.2, -0.15) is 0 Å². The topological polar surface area (TPSA) is 75.3 Å². The fourth-order valence-electron chi connectivity index (χ4n) is 1.76. The molecule has 0 aliphatic rings. The number of aliphatic hydroxyl groups is 1. The molecule has 0 aliphatic carbocycles. The van der Waals surface area contributed by atoms with Crippen LogP contribution in [0.2, 0.25) is 5.02 Å². The van der Waals surface area contributed by atoms with Gasteiger partial charge in [-0.15, -0.1) is 0 Å². The van der Waals surface area contributed by atoms with Crippen LogP contribution in [0, 0.1) is 0 Å². The minimum atomic E-state index is -0.536. The predicted octanol–water partition coefficient (Wildman–Crippen LogP) is 3.23. The number of benzene rings is 2. The maximum Gasteiger partial charge on any atom is 0.257 e. The van der Waals surface area contributed by atoms with Crippen LogP contribution < -0.4 is 11.1 Å². The lowest BCUT2D eigenvalue weighted by Crippen LogP contribution is -2.12. The van der Waals surface area contributed by atoms with Crippen LogP contribution in [0.4, 0.5) is 11.4 Å². The molecule has 1 amide bonds. The van der Waals surface area contributed by atoms with E-state index in [2.05, 4.69) is 5.32 Å². The third kappa shape index (κ3) is 3.29. The highest BCUT2D eigenvalue weighted by Crippen LogP contribution is 2.21. The predicted molar refractivity (Wildman–Crippen MR) is 80.9 cm³/mol. The normalized spacial score (nSPS) is 11.9. The Hall–Kier alpha value is -2.04. The molecule has 0 saturated carbocycles. The van der Waals surface area contributed by atoms with Gasteiger partial charge in [-0.1, -0.05) is 23.7 Å². The van der Waals surface area contributed by atoms with Gasteiger partial charge in [0.25, 0.3) is 5.91 Å². The number of aliphatic hydroxyl groups excluding tert-OH is 1. The lowest BCUT2D eigenvalue weighted by Gasteiger charge is -2.09. The van der Waals surface area contributed by atoms with Crippen LogP contribution in [0.25, 0.3) is 0 Å². The summed E-state index contributed by atoms with van der Waals surface area (Å²) < 4.78 is 0. The number of anilines is 2. The fourth-order valence-corrected chi connectivity index (χ4v) is 2.03. The molecule has 0 spiro atoms. The SMILES string of the molecule is C[C@@H](O)c1ccc(NC(=O)c2ccc(N)cc2Cl)cc1. The van der Waals surface area contributed by atoms with Gasteiger partial charge in [0.05, 0.1) is 16.7 Å². The minimum absolute atomic E-state index is 0.306. The maximum absolute atomic E-state index is 12.1. The maximum atomic E-state index is 12.1. The molecule has 2 rings (SSSR count). The summed E-state index contributed by atoms with van der Waals surface area (Å²) in [5.74, 6) is -0.306. The van der Waals surface area contributed by atoms with Crippen molar-refractivity contribution in [1.82, 2.24) is 0 Å². The summed E-state index contributed by atoms with van der Waals surface area (Å²) in [6.45, 7) is 1.68. The molecule has 2 aromatic rings. The average Bonchev–Trinajstić information content (AvgIpc) is 2.39. The number of hydrogen-bond acceptors (Lipinski definition) is 3. The van der Waals surface area contributed by atoms with Crippen molar-refractivity contribution >= 4 is 28.9 Å². The molecule has 0 saturated heterocycles. The van der Waals surface area contributed by atoms with Crippen molar-refractivity contribution in [2.75, 3.05) is 11.1 Å². The van der Waals surface area contributed by atoms with E-state index in [9.17, 15) is 9.90 Å². The number of carbonyl (C=O) groups is 1. The highest BCUT2D eigenvalue weighted by molar-refractivity contribution is 6.34. The van der Waals surface area contributed by atoms with E-state index in [0.717, 1.165) is 5.56 Å². The summed E-state index contributed by atoms with van der Waals surface area (Å²) in [6, 6.07) is 11.7. The van der Waals surface area contributed by atoms with Crippen molar-refractivity contribution in [2.45, 2.75) is 13.0 Å². The zero-order valence-corrected chi connectivity index (χ0v) is 11.7. The summed E-state index contributed by atoms with van der Waals surface area (Å²) in [5, 5.41) is 12.5. The molecule has 0 aromatic heterocycles. The number of nitrogens with two attached hydrogens (primary N) is 1. The molecule has 0 heterocycles. The fraction of sp³-hybridized carbons (Fsp3) is 0.133. The van der Waals surface area contributed by atoms with Gasteiger partial charge in [-0.3, -0.25) is 4.79 Å². The van der Waals surface area contributed by atoms with E-state index in [1.807, 2.05) is 0 Å². The van der Waals surface area contributed by atoms with Crippen LogP contribution in [0.5, 0.6) is 0 Å². The molecule has 0 bridgehead atoms. The van der Waals surface area contributed by atoms with Crippen LogP contribution in [0.1, 0.15) is 28.9 Å². The van der Waals surface area contributed by atoms with Crippen molar-refractivity contribution in [3.8, 4) is 0 Å². The van der Waals surface area contributed by atoms with Gasteiger partial charge in [0.1, 0.15) is 0 Å². The molecule has 5 heteroatoms. The molecule has 4 nitrogen and oxygen atoms in total. The third-order valence-corrected chi connectivity index (χ3v) is 3.20. The first-order valence-electron chi connectivity index (χ1n) is 6.12. The number of rotatable bonds is 3. The number of amides is 1. The number of nitrogens with one attached hydrogen (secondary N) is 1. The van der Waals surface area contributed by atoms with E-state index >= 15 is 0 Å². The van der Waals surface area contributed by atoms with E-state index in [0.29, 0.717) is 22.0 Å². The quantitative estimate of drug-likeness (QED) is 0.760. The smallest absolute Gasteiger partial charge is 0.257 e. The number of hydrogen-bond donors (Lipinski definition) is 3. The van der Waals surface area contributed by atoms with E-state index in [1.54, 1.807) is 43.3 Å². The van der Waals surface area contributed by atoms with Crippen LogP contribution in [0.15, 0.2) is 42.5 Å². The van der Waals surface area contributed by atoms with Gasteiger partial charge in [-0.25, -0.2) is 0 Å². The second kappa shape index (κ2) is 5.94. The Labute approximate surface area is 122 Å². The molecular formula is C15H15ClN2O2. The zero-order valence-electron chi connectivity index (χ0n) is 10.9. The van der Waals surface area contributed by atoms with Gasteiger partial charge in [0.2, 0.25) is 0 Å². The Bertz CT molecular complexity index is 624. The first kappa shape index (κ1) is 14.4. The first-order valence-corrected chi connectivity index (χ1v) is 6.49. The number of halogens is 1. The second-order valence-electron chi connectivity index (χ2n) is 4.49. The highest BCUT2D eigenvalue weighted by atomic mass is 35.5. The summed E-state index contributed by atoms with van der Waals surface area (Å²) in [4.78, 5) is 12.1. The van der Waals surface area contributed by atoms with E-state index < -0.39 is 6.10 Å². The van der Waals surface area contributed by atoms with Crippen LogP contribution >= 0.6 is 11.6 Å². The third-order valence-electron chi connectivity index (χ3n) is 2.89. The summed E-state index contributed by atoms with van der Waals surface area (Å²) >= 11 is 5.98. The standard InChI is InChI=1S/C15H15ClN2O2/c1-9(19)10-2-5-12(6-3-10)18-15(20)13-7-4-11(17)8-14(13)16/h2-9,19H,17H2,1H3,(H,18,20)/t9-/m1/s1. The summed E-state index contributed by atoms with van der Waals surface area (Å²) in [6.07, 6.45) is -0.536. The average molecular weight is 291 g/mol. The second-order valence-corrected chi connectivity index (χ2v) is 4.90. The molecule has 0 fully saturated rings. The molecule has 1 atom stereocenters. The molecule has 0 unspecified atom stereocenters. The van der Waals surface area contributed by atoms with Crippen molar-refractivity contribution in [3.05, 3.63) is 58.6 Å². The van der Waals surface area contributed by atoms with Crippen LogP contribution in [-0.2, 0) is 0 Å². The highest BCUT2D eigenvalue weighted by Gasteiger charge is 2.11. The Morgan fingerprint density at radius 3 is 2.45 bits per heavy atom. The van der Waals surface area contributed by atoms with Gasteiger partial charge in [0.15, 0.2) is 0 Å². The van der Waals surface area contributed by atoms with Crippen molar-refractivity contribution < 1.29 is 9.90 Å². The molecule has 2 aromatic carbocycles. The Balaban J connectivity index is 2.15. The van der Waals surface area contributed by atoms with Gasteiger partial charge in [-0.05, 0) is 42.8 Å². The Morgan fingerprint density at radius 2 is 1.90 bits per heavy atom. The molecule has 4 N–H and O–H groups in total. The van der Waals surface area contributed by atoms with Gasteiger partial charge < -0.3 is 16.2 Å². The number of carbonyl (C=O) groups excluding carboxylic acids is 1. The monoisotopic (exact) mass is 290 g/mol. The van der Waals surface area contributed by atoms with E-state index in [4.69, 9.17) is 17.3 Å². The lowest BCUT2D eigenvalue weighted by atomic mass is 10.1. The van der Waals surface area contributed by atoms with Gasteiger partial charge in [0, 0.05) is 11.4 Å². The van der Waals surface area contributed by atoms with E-state index in [1.165, 1.54) is 6.07 Å². The molecule has 104 valence electrons. The Kier molecular flexibility index (Phi) is 4.27. The molecule has 0 aliphatic heterocycles. The van der Waals surface area contributed by atoms with E-state index in [-0.39, 0.29) is 5.91 Å². The minimum Gasteiger partial charge on any atom is -0.399 e. The molecule has 0 radical (unpaired) electrons. The number of nitrogen functional groups attached to an aromatic ring is 1. The largest absolute Gasteiger partial charge is 0.399 e. The molecule has 20 heavy (non-hydrogen) atoms. The first-order chi connectivity index (χ1) is 9.47. The van der Waals surface area contributed by atoms with Crippen molar-refractivity contribution in [1.29, 1.82) is 0 Å². The van der Waals surface area contributed by atoms with Crippen molar-refractivity contribution in [2.24, 2.45) is 0 Å². The lowest BCUT2D eigenvalue weighted by molar-refractivity contribution is 0.102. The van der Waals surface area contributed by atoms with Crippen molar-refractivity contribution in [3.63, 3.8) is 0 Å². The van der Waals surface area contributed by atoms with Gasteiger partial charge >= 0.3 is 0 Å².